The Bertz CT molecular complexity index is 1370. The molecule has 1 N–H and O–H groups in total. The minimum atomic E-state index is 0.509. The van der Waals surface area contributed by atoms with Crippen LogP contribution in [0, 0.1) is 0 Å². The summed E-state index contributed by atoms with van der Waals surface area (Å²) in [7, 11) is 0. The molecule has 0 saturated heterocycles. The van der Waals surface area contributed by atoms with Crippen molar-refractivity contribution in [2.75, 3.05) is 5.43 Å². The maximum atomic E-state index is 4.56. The molecule has 4 aromatic heterocycles. The van der Waals surface area contributed by atoms with Gasteiger partial charge in [0, 0.05) is 41.5 Å². The van der Waals surface area contributed by atoms with E-state index in [9.17, 15) is 0 Å². The highest BCUT2D eigenvalue weighted by Crippen LogP contribution is 2.37. The molecule has 0 amide bonds. The largest absolute Gasteiger partial charge is 0.309 e. The van der Waals surface area contributed by atoms with Crippen molar-refractivity contribution in [3.8, 4) is 22.6 Å². The Morgan fingerprint density at radius 2 is 1.81 bits per heavy atom. The van der Waals surface area contributed by atoms with Crippen molar-refractivity contribution in [2.24, 2.45) is 0 Å². The lowest BCUT2D eigenvalue weighted by atomic mass is 10.1. The number of hydrogen-bond acceptors (Lipinski definition) is 5. The van der Waals surface area contributed by atoms with E-state index in [0.29, 0.717) is 6.04 Å². The fraction of sp³-hybridized carbons (Fsp3) is 0.125. The van der Waals surface area contributed by atoms with Crippen molar-refractivity contribution in [1.29, 1.82) is 0 Å². The summed E-state index contributed by atoms with van der Waals surface area (Å²) >= 11 is 0. The number of pyridine rings is 3. The monoisotopic (exact) mass is 406 g/mol. The summed E-state index contributed by atoms with van der Waals surface area (Å²) in [6.07, 6.45) is 11.9. The van der Waals surface area contributed by atoms with Crippen molar-refractivity contribution in [2.45, 2.75) is 18.9 Å². The first kappa shape index (κ1) is 17.7. The zero-order chi connectivity index (χ0) is 20.6. The molecule has 31 heavy (non-hydrogen) atoms. The molecule has 5 aromatic rings. The predicted molar refractivity (Wildman–Crippen MR) is 118 cm³/mol. The summed E-state index contributed by atoms with van der Waals surface area (Å²) < 4.78 is 4.04. The molecule has 0 spiro atoms. The maximum absolute atomic E-state index is 4.56. The number of nitrogens with zero attached hydrogens (tertiary/aromatic N) is 6. The highest BCUT2D eigenvalue weighted by molar-refractivity contribution is 5.83. The fourth-order valence-electron chi connectivity index (χ4n) is 3.74. The number of hydrogen-bond donors (Lipinski definition) is 1. The van der Waals surface area contributed by atoms with Gasteiger partial charge in [-0.3, -0.25) is 9.97 Å². The summed E-state index contributed by atoms with van der Waals surface area (Å²) in [5, 5.41) is 9.48. The molecule has 7 heteroatoms. The Kier molecular flexibility index (Phi) is 4.16. The standard InChI is InChI=1S/C24H20N7/c1-2-4-22-18(3-1)13-19(15-26-22)17-8-11-30(12-9-17)29-20-7-10-25-23(14-20)24-28-27-16-31(24)21-5-6-21/h1-4,7-16,21H,5-6H2,(H,25,29)/q+1. The predicted octanol–water partition coefficient (Wildman–Crippen LogP) is 4.05. The molecule has 4 heterocycles. The van der Waals surface area contributed by atoms with Crippen LogP contribution in [0.15, 0.2) is 85.7 Å². The third-order valence-electron chi connectivity index (χ3n) is 5.51. The third-order valence-corrected chi connectivity index (χ3v) is 5.51. The molecule has 0 atom stereocenters. The van der Waals surface area contributed by atoms with Gasteiger partial charge in [-0.1, -0.05) is 22.9 Å². The lowest BCUT2D eigenvalue weighted by Crippen LogP contribution is -2.41. The second-order valence-corrected chi connectivity index (χ2v) is 7.75. The van der Waals surface area contributed by atoms with E-state index in [4.69, 9.17) is 0 Å². The molecule has 7 nitrogen and oxygen atoms in total. The lowest BCUT2D eigenvalue weighted by molar-refractivity contribution is -0.642. The summed E-state index contributed by atoms with van der Waals surface area (Å²) in [6, 6.07) is 18.9. The molecule has 0 bridgehead atoms. The van der Waals surface area contributed by atoms with Crippen LogP contribution in [-0.4, -0.2) is 24.7 Å². The number of fused-ring (bicyclic) bond motifs is 1. The Balaban J connectivity index is 1.24. The quantitative estimate of drug-likeness (QED) is 0.446. The van der Waals surface area contributed by atoms with Crippen LogP contribution < -0.4 is 10.1 Å². The molecule has 0 aliphatic heterocycles. The van der Waals surface area contributed by atoms with Gasteiger partial charge in [0.05, 0.1) is 11.2 Å². The summed E-state index contributed by atoms with van der Waals surface area (Å²) in [5.74, 6) is 0.815. The van der Waals surface area contributed by atoms with E-state index in [1.54, 1.807) is 12.5 Å². The Hall–Kier alpha value is -4.13. The summed E-state index contributed by atoms with van der Waals surface area (Å²) in [6.45, 7) is 0. The SMILES string of the molecule is c1ccc2ncc(-c3cc[n+](Nc4ccnc(-c5nncn5C5CC5)c4)cc3)cc2c1. The first-order chi connectivity index (χ1) is 15.3. The molecule has 1 aromatic carbocycles. The molecule has 0 unspecified atom stereocenters. The number of anilines is 1. The van der Waals surface area contributed by atoms with E-state index in [0.717, 1.165) is 39.2 Å². The second kappa shape index (κ2) is 7.28. The van der Waals surface area contributed by atoms with E-state index in [2.05, 4.69) is 54.4 Å². The topological polar surface area (TPSA) is 72.4 Å². The Labute approximate surface area is 179 Å². The van der Waals surface area contributed by atoms with Crippen molar-refractivity contribution >= 4 is 16.6 Å². The van der Waals surface area contributed by atoms with Crippen molar-refractivity contribution in [3.63, 3.8) is 0 Å². The molecule has 150 valence electrons. The highest BCUT2D eigenvalue weighted by atomic mass is 15.4. The lowest BCUT2D eigenvalue weighted by Gasteiger charge is -2.06. The van der Waals surface area contributed by atoms with E-state index >= 15 is 0 Å². The van der Waals surface area contributed by atoms with Crippen LogP contribution >= 0.6 is 0 Å². The van der Waals surface area contributed by atoms with Crippen LogP contribution in [0.25, 0.3) is 33.5 Å². The number of benzene rings is 1. The normalized spacial score (nSPS) is 13.4. The van der Waals surface area contributed by atoms with E-state index < -0.39 is 0 Å². The van der Waals surface area contributed by atoms with Gasteiger partial charge in [-0.15, -0.1) is 10.2 Å². The summed E-state index contributed by atoms with van der Waals surface area (Å²) in [4.78, 5) is 9.06. The molecule has 6 rings (SSSR count). The zero-order valence-electron chi connectivity index (χ0n) is 16.8. The molecular weight excluding hydrogens is 386 g/mol. The average molecular weight is 406 g/mol. The van der Waals surface area contributed by atoms with Gasteiger partial charge in [-0.05, 0) is 42.7 Å². The van der Waals surface area contributed by atoms with E-state index in [-0.39, 0.29) is 0 Å². The van der Waals surface area contributed by atoms with Gasteiger partial charge in [-0.25, -0.2) is 0 Å². The summed E-state index contributed by atoms with van der Waals surface area (Å²) in [5.41, 5.74) is 8.34. The van der Waals surface area contributed by atoms with Gasteiger partial charge in [-0.2, -0.15) is 5.43 Å². The van der Waals surface area contributed by atoms with Gasteiger partial charge < -0.3 is 4.57 Å². The van der Waals surface area contributed by atoms with Crippen LogP contribution in [-0.2, 0) is 0 Å². The molecule has 0 radical (unpaired) electrons. The van der Waals surface area contributed by atoms with Gasteiger partial charge in [0.2, 0.25) is 0 Å². The smallest absolute Gasteiger partial charge is 0.200 e. The second-order valence-electron chi connectivity index (χ2n) is 7.75. The molecular formula is C24H20N7+. The van der Waals surface area contributed by atoms with Crippen LogP contribution in [0.2, 0.25) is 0 Å². The zero-order valence-corrected chi connectivity index (χ0v) is 16.8. The van der Waals surface area contributed by atoms with Gasteiger partial charge in [0.15, 0.2) is 18.2 Å². The average Bonchev–Trinajstić information content (AvgIpc) is 3.55. The Morgan fingerprint density at radius 1 is 0.935 bits per heavy atom. The van der Waals surface area contributed by atoms with Gasteiger partial charge in [0.25, 0.3) is 0 Å². The van der Waals surface area contributed by atoms with E-state index in [1.807, 2.05) is 53.6 Å². The van der Waals surface area contributed by atoms with Crippen molar-refractivity contribution in [3.05, 3.63) is 85.7 Å². The molecule has 1 aliphatic rings. The first-order valence-corrected chi connectivity index (χ1v) is 10.3. The number of aromatic nitrogens is 6. The fourth-order valence-corrected chi connectivity index (χ4v) is 3.74. The van der Waals surface area contributed by atoms with Crippen LogP contribution in [0.1, 0.15) is 18.9 Å². The molecule has 1 fully saturated rings. The number of nitrogens with one attached hydrogen (secondary N) is 1. The highest BCUT2D eigenvalue weighted by Gasteiger charge is 2.27. The van der Waals surface area contributed by atoms with Crippen LogP contribution in [0.5, 0.6) is 0 Å². The third kappa shape index (κ3) is 3.50. The first-order valence-electron chi connectivity index (χ1n) is 10.3. The van der Waals surface area contributed by atoms with Crippen LogP contribution in [0.3, 0.4) is 0 Å². The van der Waals surface area contributed by atoms with Crippen molar-refractivity contribution in [1.82, 2.24) is 24.7 Å². The van der Waals surface area contributed by atoms with E-state index in [1.165, 1.54) is 12.8 Å². The van der Waals surface area contributed by atoms with Gasteiger partial charge >= 0.3 is 0 Å². The minimum absolute atomic E-state index is 0.509. The molecule has 1 saturated carbocycles. The Morgan fingerprint density at radius 3 is 2.68 bits per heavy atom. The van der Waals surface area contributed by atoms with Gasteiger partial charge in [0.1, 0.15) is 12.0 Å². The minimum Gasteiger partial charge on any atom is -0.309 e. The number of rotatable bonds is 5. The van der Waals surface area contributed by atoms with Crippen LogP contribution in [0.4, 0.5) is 5.69 Å². The molecule has 1 aliphatic carbocycles. The van der Waals surface area contributed by atoms with Crippen molar-refractivity contribution < 1.29 is 4.68 Å². The maximum Gasteiger partial charge on any atom is 0.200 e. The number of para-hydroxylation sites is 1.